The normalized spacial score (nSPS) is 15.8. The van der Waals surface area contributed by atoms with Crippen molar-refractivity contribution in [2.24, 2.45) is 0 Å². The number of ether oxygens (including phenoxy) is 3. The van der Waals surface area contributed by atoms with Crippen LogP contribution in [-0.4, -0.2) is 43.0 Å². The standard InChI is InChI=1S/C23H30N2O3S/c1-4-27-21-10-6-5-8-18(21)15-25(16-19-9-7-13-28-19)23(29)24-20-14-17(2)11-12-22(20)26-3/h5-6,8,10-12,14,19H,4,7,9,13,15-16H2,1-3H3,(H,24,29). The SMILES string of the molecule is CCOc1ccccc1CN(CC1CCCO1)C(=S)Nc1cc(C)ccc1OC. The number of para-hydroxylation sites is 1. The van der Waals surface area contributed by atoms with Gasteiger partial charge in [-0.05, 0) is 62.7 Å². The molecule has 3 rings (SSSR count). The minimum atomic E-state index is 0.188. The lowest BCUT2D eigenvalue weighted by molar-refractivity contribution is 0.0903. The summed E-state index contributed by atoms with van der Waals surface area (Å²) in [5.41, 5.74) is 3.11. The van der Waals surface area contributed by atoms with Crippen molar-refractivity contribution in [2.45, 2.75) is 39.3 Å². The monoisotopic (exact) mass is 414 g/mol. The van der Waals surface area contributed by atoms with Crippen molar-refractivity contribution in [3.05, 3.63) is 53.6 Å². The van der Waals surface area contributed by atoms with E-state index < -0.39 is 0 Å². The molecule has 0 bridgehead atoms. The highest BCUT2D eigenvalue weighted by Gasteiger charge is 2.22. The van der Waals surface area contributed by atoms with Crippen LogP contribution in [0.1, 0.15) is 30.9 Å². The Morgan fingerprint density at radius 2 is 2.07 bits per heavy atom. The Hall–Kier alpha value is -2.31. The molecule has 1 unspecified atom stereocenters. The van der Waals surface area contributed by atoms with Crippen LogP contribution in [0, 0.1) is 6.92 Å². The summed E-state index contributed by atoms with van der Waals surface area (Å²) in [5.74, 6) is 1.66. The predicted molar refractivity (Wildman–Crippen MR) is 121 cm³/mol. The third kappa shape index (κ3) is 5.84. The molecular weight excluding hydrogens is 384 g/mol. The van der Waals surface area contributed by atoms with Gasteiger partial charge >= 0.3 is 0 Å². The molecule has 0 amide bonds. The van der Waals surface area contributed by atoms with Crippen LogP contribution < -0.4 is 14.8 Å². The zero-order valence-electron chi connectivity index (χ0n) is 17.4. The fraction of sp³-hybridized carbons (Fsp3) is 0.435. The number of hydrogen-bond acceptors (Lipinski definition) is 4. The molecule has 1 heterocycles. The molecule has 1 saturated heterocycles. The van der Waals surface area contributed by atoms with Gasteiger partial charge in [-0.25, -0.2) is 0 Å². The molecule has 0 aromatic heterocycles. The second kappa shape index (κ2) is 10.5. The largest absolute Gasteiger partial charge is 0.495 e. The number of benzene rings is 2. The fourth-order valence-electron chi connectivity index (χ4n) is 3.50. The van der Waals surface area contributed by atoms with Gasteiger partial charge in [0.1, 0.15) is 11.5 Å². The molecule has 29 heavy (non-hydrogen) atoms. The smallest absolute Gasteiger partial charge is 0.173 e. The van der Waals surface area contributed by atoms with Gasteiger partial charge in [0.05, 0.1) is 25.5 Å². The first-order valence-electron chi connectivity index (χ1n) is 10.1. The van der Waals surface area contributed by atoms with Gasteiger partial charge in [0, 0.05) is 25.3 Å². The van der Waals surface area contributed by atoms with E-state index in [2.05, 4.69) is 23.2 Å². The molecule has 2 aromatic carbocycles. The van der Waals surface area contributed by atoms with Gasteiger partial charge in [0.15, 0.2) is 5.11 Å². The lowest BCUT2D eigenvalue weighted by Crippen LogP contribution is -2.39. The van der Waals surface area contributed by atoms with Crippen LogP contribution in [0.2, 0.25) is 0 Å². The Morgan fingerprint density at radius 3 is 2.79 bits per heavy atom. The maximum atomic E-state index is 5.88. The summed E-state index contributed by atoms with van der Waals surface area (Å²) in [6.07, 6.45) is 2.34. The molecule has 0 saturated carbocycles. The Labute approximate surface area is 179 Å². The highest BCUT2D eigenvalue weighted by molar-refractivity contribution is 7.80. The van der Waals surface area contributed by atoms with Crippen LogP contribution in [0.5, 0.6) is 11.5 Å². The Kier molecular flexibility index (Phi) is 7.72. The van der Waals surface area contributed by atoms with E-state index in [0.29, 0.717) is 18.3 Å². The molecule has 0 aliphatic carbocycles. The van der Waals surface area contributed by atoms with E-state index in [1.165, 1.54) is 0 Å². The lowest BCUT2D eigenvalue weighted by Gasteiger charge is -2.29. The van der Waals surface area contributed by atoms with Crippen LogP contribution >= 0.6 is 12.2 Å². The number of aryl methyl sites for hydroxylation is 1. The first kappa shape index (κ1) is 21.4. The second-order valence-corrected chi connectivity index (χ2v) is 7.58. The number of anilines is 1. The minimum absolute atomic E-state index is 0.188. The Balaban J connectivity index is 1.81. The number of rotatable bonds is 8. The summed E-state index contributed by atoms with van der Waals surface area (Å²) in [7, 11) is 1.67. The van der Waals surface area contributed by atoms with E-state index >= 15 is 0 Å². The molecular formula is C23H30N2O3S. The molecule has 5 nitrogen and oxygen atoms in total. The van der Waals surface area contributed by atoms with Crippen molar-refractivity contribution < 1.29 is 14.2 Å². The van der Waals surface area contributed by atoms with Crippen molar-refractivity contribution >= 4 is 23.0 Å². The maximum Gasteiger partial charge on any atom is 0.173 e. The predicted octanol–water partition coefficient (Wildman–Crippen LogP) is 4.78. The van der Waals surface area contributed by atoms with Gasteiger partial charge in [-0.15, -0.1) is 0 Å². The summed E-state index contributed by atoms with van der Waals surface area (Å²) in [4.78, 5) is 2.16. The van der Waals surface area contributed by atoms with Crippen LogP contribution in [0.4, 0.5) is 5.69 Å². The zero-order chi connectivity index (χ0) is 20.6. The summed E-state index contributed by atoms with van der Waals surface area (Å²) in [5, 5.41) is 4.03. The molecule has 2 aromatic rings. The van der Waals surface area contributed by atoms with E-state index in [4.69, 9.17) is 26.4 Å². The minimum Gasteiger partial charge on any atom is -0.495 e. The summed E-state index contributed by atoms with van der Waals surface area (Å²) < 4.78 is 17.2. The van der Waals surface area contributed by atoms with Crippen LogP contribution in [-0.2, 0) is 11.3 Å². The molecule has 6 heteroatoms. The topological polar surface area (TPSA) is 43.0 Å². The van der Waals surface area contributed by atoms with E-state index in [9.17, 15) is 0 Å². The third-order valence-corrected chi connectivity index (χ3v) is 5.33. The highest BCUT2D eigenvalue weighted by atomic mass is 32.1. The van der Waals surface area contributed by atoms with Crippen molar-refractivity contribution in [1.82, 2.24) is 4.90 Å². The fourth-order valence-corrected chi connectivity index (χ4v) is 3.75. The molecule has 1 aliphatic heterocycles. The number of methoxy groups -OCH3 is 1. The van der Waals surface area contributed by atoms with E-state index in [-0.39, 0.29) is 6.10 Å². The molecule has 1 fully saturated rings. The molecule has 1 atom stereocenters. The summed E-state index contributed by atoms with van der Waals surface area (Å²) >= 11 is 5.81. The summed E-state index contributed by atoms with van der Waals surface area (Å²) in [6.45, 7) is 6.88. The van der Waals surface area contributed by atoms with Crippen molar-refractivity contribution in [2.75, 3.05) is 32.2 Å². The third-order valence-electron chi connectivity index (χ3n) is 4.97. The quantitative estimate of drug-likeness (QED) is 0.627. The van der Waals surface area contributed by atoms with Crippen LogP contribution in [0.3, 0.4) is 0 Å². The van der Waals surface area contributed by atoms with E-state index in [0.717, 1.165) is 54.3 Å². The Bertz CT molecular complexity index is 822. The molecule has 156 valence electrons. The van der Waals surface area contributed by atoms with E-state index in [1.54, 1.807) is 7.11 Å². The van der Waals surface area contributed by atoms with Gasteiger partial charge in [0.25, 0.3) is 0 Å². The van der Waals surface area contributed by atoms with Crippen LogP contribution in [0.15, 0.2) is 42.5 Å². The first-order valence-corrected chi connectivity index (χ1v) is 10.5. The molecule has 0 spiro atoms. The van der Waals surface area contributed by atoms with Crippen molar-refractivity contribution in [1.29, 1.82) is 0 Å². The maximum absolute atomic E-state index is 5.88. The summed E-state index contributed by atoms with van der Waals surface area (Å²) in [6, 6.07) is 14.1. The van der Waals surface area contributed by atoms with Gasteiger partial charge in [0.2, 0.25) is 0 Å². The Morgan fingerprint density at radius 1 is 1.24 bits per heavy atom. The second-order valence-electron chi connectivity index (χ2n) is 7.19. The van der Waals surface area contributed by atoms with Crippen molar-refractivity contribution in [3.8, 4) is 11.5 Å². The first-order chi connectivity index (χ1) is 14.1. The van der Waals surface area contributed by atoms with Gasteiger partial charge in [-0.1, -0.05) is 24.3 Å². The molecule has 1 aliphatic rings. The number of nitrogens with zero attached hydrogens (tertiary/aromatic N) is 1. The average molecular weight is 415 g/mol. The van der Waals surface area contributed by atoms with Gasteiger partial charge < -0.3 is 24.4 Å². The van der Waals surface area contributed by atoms with E-state index in [1.807, 2.05) is 43.3 Å². The highest BCUT2D eigenvalue weighted by Crippen LogP contribution is 2.27. The van der Waals surface area contributed by atoms with Crippen molar-refractivity contribution in [3.63, 3.8) is 0 Å². The van der Waals surface area contributed by atoms with Crippen LogP contribution in [0.25, 0.3) is 0 Å². The number of thiocarbonyl (C=S) groups is 1. The van der Waals surface area contributed by atoms with Gasteiger partial charge in [-0.3, -0.25) is 0 Å². The lowest BCUT2D eigenvalue weighted by atomic mass is 10.1. The number of nitrogens with one attached hydrogen (secondary N) is 1. The average Bonchev–Trinajstić information content (AvgIpc) is 3.22. The number of hydrogen-bond donors (Lipinski definition) is 1. The molecule has 0 radical (unpaired) electrons. The molecule has 1 N–H and O–H groups in total. The van der Waals surface area contributed by atoms with Gasteiger partial charge in [-0.2, -0.15) is 0 Å². The zero-order valence-corrected chi connectivity index (χ0v) is 18.3.